The molecule has 8 heteroatoms. The lowest BCUT2D eigenvalue weighted by Gasteiger charge is -2.16. The smallest absolute Gasteiger partial charge is 0.408 e. The van der Waals surface area contributed by atoms with Crippen molar-refractivity contribution in [2.45, 2.75) is 12.5 Å². The van der Waals surface area contributed by atoms with E-state index >= 15 is 0 Å². The van der Waals surface area contributed by atoms with E-state index in [-0.39, 0.29) is 11.9 Å². The van der Waals surface area contributed by atoms with Crippen LogP contribution in [0.5, 0.6) is 0 Å². The van der Waals surface area contributed by atoms with Crippen LogP contribution in [0.15, 0.2) is 38.9 Å². The average Bonchev–Trinajstić information content (AvgIpc) is 3.25. The fourth-order valence-electron chi connectivity index (χ4n) is 2.85. The second kappa shape index (κ2) is 5.54. The first-order valence-corrected chi connectivity index (χ1v) is 8.22. The van der Waals surface area contributed by atoms with Gasteiger partial charge in [-0.2, -0.15) is 5.26 Å². The van der Waals surface area contributed by atoms with E-state index in [0.717, 1.165) is 5.69 Å². The number of rotatable bonds is 3. The number of anilines is 2. The summed E-state index contributed by atoms with van der Waals surface area (Å²) in [6.07, 6.45) is 0.640. The summed E-state index contributed by atoms with van der Waals surface area (Å²) in [6, 6.07) is 8.65. The van der Waals surface area contributed by atoms with Crippen LogP contribution in [0.4, 0.5) is 10.7 Å². The lowest BCUT2D eigenvalue weighted by atomic mass is 10.2. The minimum Gasteiger partial charge on any atom is -0.408 e. The number of aromatic nitrogens is 1. The highest BCUT2D eigenvalue weighted by Crippen LogP contribution is 2.31. The second-order valence-corrected chi connectivity index (χ2v) is 6.35. The quantitative estimate of drug-likeness (QED) is 0.761. The number of carbonyl (C=O) groups excluding carboxylic acids is 1. The predicted octanol–water partition coefficient (Wildman–Crippen LogP) is 2.27. The maximum absolute atomic E-state index is 12.6. The summed E-state index contributed by atoms with van der Waals surface area (Å²) in [5.41, 5.74) is 2.30. The normalized spacial score (nSPS) is 17.4. The monoisotopic (exact) mass is 340 g/mol. The van der Waals surface area contributed by atoms with E-state index in [2.05, 4.69) is 16.4 Å². The van der Waals surface area contributed by atoms with Crippen LogP contribution in [0.3, 0.4) is 0 Å². The summed E-state index contributed by atoms with van der Waals surface area (Å²) in [7, 11) is 0. The molecule has 24 heavy (non-hydrogen) atoms. The number of amides is 1. The van der Waals surface area contributed by atoms with Crippen molar-refractivity contribution in [1.82, 2.24) is 4.98 Å². The van der Waals surface area contributed by atoms with Crippen LogP contribution < -0.4 is 16.0 Å². The average molecular weight is 340 g/mol. The summed E-state index contributed by atoms with van der Waals surface area (Å²) in [5, 5.41) is 14.8. The Morgan fingerprint density at radius 2 is 2.25 bits per heavy atom. The number of H-pyrrole nitrogens is 1. The molecular weight excluding hydrogens is 328 g/mol. The SMILES string of the molecule is N#Cc1ccsc1N1CC[C@H](Nc2ccc3oc(=O)[nH]c3c2)C1=O. The molecule has 4 rings (SSSR count). The van der Waals surface area contributed by atoms with Gasteiger partial charge >= 0.3 is 5.76 Å². The summed E-state index contributed by atoms with van der Waals surface area (Å²) in [5.74, 6) is -0.568. The lowest BCUT2D eigenvalue weighted by Crippen LogP contribution is -2.33. The van der Waals surface area contributed by atoms with Crippen LogP contribution in [0.25, 0.3) is 11.1 Å². The van der Waals surface area contributed by atoms with Crippen molar-refractivity contribution in [3.63, 3.8) is 0 Å². The number of oxazole rings is 1. The van der Waals surface area contributed by atoms with Gasteiger partial charge in [0.05, 0.1) is 11.1 Å². The zero-order valence-electron chi connectivity index (χ0n) is 12.4. The number of aromatic amines is 1. The van der Waals surface area contributed by atoms with Crippen molar-refractivity contribution >= 4 is 39.0 Å². The zero-order valence-corrected chi connectivity index (χ0v) is 13.2. The van der Waals surface area contributed by atoms with Gasteiger partial charge in [-0.3, -0.25) is 9.78 Å². The molecule has 7 nitrogen and oxygen atoms in total. The molecule has 1 atom stereocenters. The van der Waals surface area contributed by atoms with Gasteiger partial charge < -0.3 is 14.6 Å². The Kier molecular flexibility index (Phi) is 3.36. The van der Waals surface area contributed by atoms with Crippen LogP contribution in [-0.2, 0) is 4.79 Å². The Bertz CT molecular complexity index is 1030. The third-order valence-corrected chi connectivity index (χ3v) is 4.91. The van der Waals surface area contributed by atoms with Gasteiger partial charge in [-0.05, 0) is 36.1 Å². The number of thiophene rings is 1. The molecule has 1 amide bonds. The molecule has 0 spiro atoms. The summed E-state index contributed by atoms with van der Waals surface area (Å²) < 4.78 is 4.96. The van der Waals surface area contributed by atoms with Crippen molar-refractivity contribution in [2.75, 3.05) is 16.8 Å². The Hall–Kier alpha value is -3.05. The van der Waals surface area contributed by atoms with Crippen LogP contribution in [0.2, 0.25) is 0 Å². The summed E-state index contributed by atoms with van der Waals surface area (Å²) in [4.78, 5) is 28.1. The van der Waals surface area contributed by atoms with Crippen molar-refractivity contribution in [3.05, 3.63) is 45.8 Å². The summed E-state index contributed by atoms with van der Waals surface area (Å²) >= 11 is 1.39. The first-order valence-electron chi connectivity index (χ1n) is 7.34. The van der Waals surface area contributed by atoms with Gasteiger partial charge in [0.15, 0.2) is 5.58 Å². The standard InChI is InChI=1S/C16H12N4O3S/c17-8-9-4-6-24-15(9)20-5-3-11(14(20)21)18-10-1-2-13-12(7-10)19-16(22)23-13/h1-2,4,6-7,11,18H,3,5H2,(H,19,22)/t11-/m0/s1. The van der Waals surface area contributed by atoms with Crippen LogP contribution in [-0.4, -0.2) is 23.5 Å². The number of nitrogens with zero attached hydrogens (tertiary/aromatic N) is 2. The number of carbonyl (C=O) groups is 1. The largest absolute Gasteiger partial charge is 0.417 e. The van der Waals surface area contributed by atoms with Crippen LogP contribution in [0, 0.1) is 11.3 Å². The van der Waals surface area contributed by atoms with Gasteiger partial charge in [-0.1, -0.05) is 0 Å². The van der Waals surface area contributed by atoms with Gasteiger partial charge in [-0.15, -0.1) is 11.3 Å². The van der Waals surface area contributed by atoms with Gasteiger partial charge in [0.25, 0.3) is 0 Å². The number of hydrogen-bond donors (Lipinski definition) is 2. The van der Waals surface area contributed by atoms with E-state index in [9.17, 15) is 9.59 Å². The Labute approximate surface area is 140 Å². The van der Waals surface area contributed by atoms with E-state index in [0.29, 0.717) is 34.6 Å². The molecule has 1 fully saturated rings. The number of nitrogens with one attached hydrogen (secondary N) is 2. The van der Waals surface area contributed by atoms with Crippen molar-refractivity contribution < 1.29 is 9.21 Å². The molecular formula is C16H12N4O3S. The molecule has 120 valence electrons. The van der Waals surface area contributed by atoms with Gasteiger partial charge in [0, 0.05) is 12.2 Å². The second-order valence-electron chi connectivity index (χ2n) is 5.45. The van der Waals surface area contributed by atoms with Crippen molar-refractivity contribution in [1.29, 1.82) is 5.26 Å². The molecule has 2 N–H and O–H groups in total. The van der Waals surface area contributed by atoms with E-state index in [1.54, 1.807) is 29.2 Å². The molecule has 3 heterocycles. The van der Waals surface area contributed by atoms with Crippen molar-refractivity contribution in [2.24, 2.45) is 0 Å². The number of fused-ring (bicyclic) bond motifs is 1. The van der Waals surface area contributed by atoms with E-state index < -0.39 is 5.76 Å². The maximum atomic E-state index is 12.6. The van der Waals surface area contributed by atoms with Crippen LogP contribution >= 0.6 is 11.3 Å². The molecule has 3 aromatic rings. The first-order chi connectivity index (χ1) is 11.7. The highest BCUT2D eigenvalue weighted by Gasteiger charge is 2.34. The number of hydrogen-bond acceptors (Lipinski definition) is 6. The van der Waals surface area contributed by atoms with E-state index in [4.69, 9.17) is 9.68 Å². The van der Waals surface area contributed by atoms with Gasteiger partial charge in [0.2, 0.25) is 5.91 Å². The molecule has 1 aliphatic heterocycles. The first kappa shape index (κ1) is 14.5. The fourth-order valence-corrected chi connectivity index (χ4v) is 3.74. The highest BCUT2D eigenvalue weighted by molar-refractivity contribution is 7.14. The molecule has 1 aromatic carbocycles. The Morgan fingerprint density at radius 1 is 1.38 bits per heavy atom. The summed E-state index contributed by atoms with van der Waals surface area (Å²) in [6.45, 7) is 0.566. The molecule has 1 aliphatic rings. The molecule has 0 aliphatic carbocycles. The minimum absolute atomic E-state index is 0.0604. The molecule has 0 bridgehead atoms. The van der Waals surface area contributed by atoms with E-state index in [1.165, 1.54) is 11.3 Å². The number of benzene rings is 1. The zero-order chi connectivity index (χ0) is 16.7. The van der Waals surface area contributed by atoms with Gasteiger partial charge in [0.1, 0.15) is 17.1 Å². The third-order valence-electron chi connectivity index (χ3n) is 3.98. The topological polar surface area (TPSA) is 102 Å². The minimum atomic E-state index is -0.507. The third kappa shape index (κ3) is 2.35. The maximum Gasteiger partial charge on any atom is 0.417 e. The Morgan fingerprint density at radius 3 is 3.08 bits per heavy atom. The van der Waals surface area contributed by atoms with Gasteiger partial charge in [-0.25, -0.2) is 4.79 Å². The molecule has 0 radical (unpaired) electrons. The lowest BCUT2D eigenvalue weighted by molar-refractivity contribution is -0.117. The fraction of sp³-hybridized carbons (Fsp3) is 0.188. The van der Waals surface area contributed by atoms with E-state index in [1.807, 2.05) is 5.38 Å². The molecule has 0 unspecified atom stereocenters. The number of nitriles is 1. The molecule has 1 saturated heterocycles. The van der Waals surface area contributed by atoms with Crippen molar-refractivity contribution in [3.8, 4) is 6.07 Å². The predicted molar refractivity (Wildman–Crippen MR) is 90.2 cm³/mol. The molecule has 0 saturated carbocycles. The highest BCUT2D eigenvalue weighted by atomic mass is 32.1. The Balaban J connectivity index is 1.56. The van der Waals surface area contributed by atoms with Crippen LogP contribution in [0.1, 0.15) is 12.0 Å². The molecule has 2 aromatic heterocycles.